The van der Waals surface area contributed by atoms with Crippen molar-refractivity contribution >= 4 is 34.5 Å². The van der Waals surface area contributed by atoms with Gasteiger partial charge in [0.1, 0.15) is 12.4 Å². The Kier molecular flexibility index (Phi) is 12.4. The Balaban J connectivity index is 0.944. The van der Waals surface area contributed by atoms with Crippen molar-refractivity contribution in [3.63, 3.8) is 0 Å². The van der Waals surface area contributed by atoms with Gasteiger partial charge in [0.15, 0.2) is 0 Å². The van der Waals surface area contributed by atoms with Gasteiger partial charge >= 0.3 is 0 Å². The molecule has 4 N–H and O–H groups in total. The molecule has 1 aromatic heterocycles. The van der Waals surface area contributed by atoms with E-state index in [-0.39, 0.29) is 55.2 Å². The molecule has 4 aromatic rings. The molecule has 1 atom stereocenters. The molecule has 11 heteroatoms. The van der Waals surface area contributed by atoms with Crippen LogP contribution in [0.5, 0.6) is 5.75 Å². The number of para-hydroxylation sites is 2. The van der Waals surface area contributed by atoms with E-state index in [0.717, 1.165) is 59.2 Å². The van der Waals surface area contributed by atoms with E-state index >= 15 is 0 Å². The van der Waals surface area contributed by atoms with E-state index < -0.39 is 0 Å². The second kappa shape index (κ2) is 17.3. The van der Waals surface area contributed by atoms with Gasteiger partial charge in [-0.1, -0.05) is 75.2 Å². The molecule has 0 aliphatic carbocycles. The summed E-state index contributed by atoms with van der Waals surface area (Å²) in [6.45, 7) is 5.50. The Morgan fingerprint density at radius 2 is 1.59 bits per heavy atom. The fraction of sp³-hybridized carbons (Fsp3) is 0.395. The number of unbranched alkanes of at least 4 members (excludes halogenated alkanes) is 3. The van der Waals surface area contributed by atoms with Gasteiger partial charge in [-0.3, -0.25) is 24.3 Å². The van der Waals surface area contributed by atoms with E-state index in [2.05, 4.69) is 26.1 Å². The van der Waals surface area contributed by atoms with Crippen LogP contribution in [0.1, 0.15) is 55.5 Å². The molecule has 258 valence electrons. The van der Waals surface area contributed by atoms with Crippen LogP contribution in [-0.2, 0) is 20.8 Å². The average molecular weight is 667 g/mol. The van der Waals surface area contributed by atoms with Crippen molar-refractivity contribution in [1.82, 2.24) is 31.0 Å². The van der Waals surface area contributed by atoms with Crippen molar-refractivity contribution < 1.29 is 23.9 Å². The fourth-order valence-electron chi connectivity index (χ4n) is 5.94. The number of carbonyl (C=O) groups is 4. The molecule has 49 heavy (non-hydrogen) atoms. The molecule has 5 rings (SSSR count). The van der Waals surface area contributed by atoms with Crippen molar-refractivity contribution in [1.29, 1.82) is 0 Å². The standard InChI is InChI=1S/C38H46N6O5/c1-26(2)23-44(35(46)22-41-38(48)30-21-29-11-5-8-14-33(29)49-25-30)24-34(45)39-19-9-3-4-10-20-40-37(47)28-17-15-27(16-18-28)36-31-12-6-7-13-32(31)42-43-36/h5-8,11-18,26,30H,3-4,9-10,19-25H2,1-2H3,(H,39,45)(H,40,47)(H,41,48)(H,42,43). The number of benzene rings is 3. The molecule has 1 unspecified atom stereocenters. The van der Waals surface area contributed by atoms with Crippen LogP contribution in [0.3, 0.4) is 0 Å². The maximum absolute atomic E-state index is 13.0. The summed E-state index contributed by atoms with van der Waals surface area (Å²) < 4.78 is 5.71. The Labute approximate surface area is 287 Å². The summed E-state index contributed by atoms with van der Waals surface area (Å²) in [4.78, 5) is 52.5. The van der Waals surface area contributed by atoms with Crippen molar-refractivity contribution in [3.8, 4) is 17.0 Å². The molecular formula is C38H46N6O5. The summed E-state index contributed by atoms with van der Waals surface area (Å²) in [7, 11) is 0. The Hall–Kier alpha value is -5.19. The second-order valence-electron chi connectivity index (χ2n) is 12.9. The Morgan fingerprint density at radius 3 is 2.37 bits per heavy atom. The summed E-state index contributed by atoms with van der Waals surface area (Å²) in [6, 6.07) is 23.0. The molecule has 2 heterocycles. The number of hydrogen-bond donors (Lipinski definition) is 4. The first-order valence-electron chi connectivity index (χ1n) is 17.1. The maximum atomic E-state index is 13.0. The highest BCUT2D eigenvalue weighted by atomic mass is 16.5. The number of ether oxygens (including phenoxy) is 1. The van der Waals surface area contributed by atoms with E-state index in [0.29, 0.717) is 31.6 Å². The van der Waals surface area contributed by atoms with Crippen molar-refractivity contribution in [2.24, 2.45) is 11.8 Å². The number of rotatable bonds is 16. The molecule has 1 aliphatic heterocycles. The summed E-state index contributed by atoms with van der Waals surface area (Å²) in [5, 5.41) is 17.1. The molecule has 0 saturated heterocycles. The van der Waals surface area contributed by atoms with Crippen LogP contribution in [0, 0.1) is 11.8 Å². The number of H-pyrrole nitrogens is 1. The monoisotopic (exact) mass is 666 g/mol. The molecule has 0 bridgehead atoms. The zero-order chi connectivity index (χ0) is 34.6. The first-order chi connectivity index (χ1) is 23.8. The van der Waals surface area contributed by atoms with Crippen LogP contribution >= 0.6 is 0 Å². The highest BCUT2D eigenvalue weighted by Gasteiger charge is 2.27. The number of aromatic nitrogens is 2. The van der Waals surface area contributed by atoms with Crippen molar-refractivity contribution in [2.75, 3.05) is 39.3 Å². The predicted octanol–water partition coefficient (Wildman–Crippen LogP) is 4.49. The lowest BCUT2D eigenvalue weighted by Gasteiger charge is -2.26. The normalized spacial score (nSPS) is 13.7. The lowest BCUT2D eigenvalue weighted by atomic mass is 9.96. The van der Waals surface area contributed by atoms with Gasteiger partial charge in [0.05, 0.1) is 30.2 Å². The number of fused-ring (bicyclic) bond motifs is 2. The van der Waals surface area contributed by atoms with Crippen LogP contribution in [0.2, 0.25) is 0 Å². The van der Waals surface area contributed by atoms with Gasteiger partial charge in [-0.05, 0) is 55.0 Å². The molecule has 0 saturated carbocycles. The molecule has 0 spiro atoms. The van der Waals surface area contributed by atoms with Crippen LogP contribution < -0.4 is 20.7 Å². The largest absolute Gasteiger partial charge is 0.492 e. The van der Waals surface area contributed by atoms with E-state index in [1.807, 2.05) is 86.6 Å². The third kappa shape index (κ3) is 9.91. The van der Waals surface area contributed by atoms with Crippen LogP contribution in [0.15, 0.2) is 72.8 Å². The third-order valence-electron chi connectivity index (χ3n) is 8.54. The van der Waals surface area contributed by atoms with Crippen LogP contribution in [-0.4, -0.2) is 78.1 Å². The molecule has 11 nitrogen and oxygen atoms in total. The molecule has 4 amide bonds. The van der Waals surface area contributed by atoms with Gasteiger partial charge in [-0.2, -0.15) is 5.10 Å². The van der Waals surface area contributed by atoms with Crippen LogP contribution in [0.25, 0.3) is 22.2 Å². The number of hydrogen-bond acceptors (Lipinski definition) is 6. The topological polar surface area (TPSA) is 146 Å². The summed E-state index contributed by atoms with van der Waals surface area (Å²) >= 11 is 0. The van der Waals surface area contributed by atoms with Gasteiger partial charge in [-0.25, -0.2) is 0 Å². The smallest absolute Gasteiger partial charge is 0.251 e. The minimum Gasteiger partial charge on any atom is -0.492 e. The molecule has 0 radical (unpaired) electrons. The van der Waals surface area contributed by atoms with Crippen LogP contribution in [0.4, 0.5) is 0 Å². The lowest BCUT2D eigenvalue weighted by molar-refractivity contribution is -0.137. The van der Waals surface area contributed by atoms with E-state index in [9.17, 15) is 19.2 Å². The number of nitrogens with zero attached hydrogens (tertiary/aromatic N) is 2. The highest BCUT2D eigenvalue weighted by molar-refractivity contribution is 5.96. The number of amides is 4. The van der Waals surface area contributed by atoms with Gasteiger partial charge < -0.3 is 25.6 Å². The molecule has 0 fully saturated rings. The summed E-state index contributed by atoms with van der Waals surface area (Å²) in [5.41, 5.74) is 4.35. The van der Waals surface area contributed by atoms with Gasteiger partial charge in [0.2, 0.25) is 17.7 Å². The molecular weight excluding hydrogens is 620 g/mol. The van der Waals surface area contributed by atoms with Crippen molar-refractivity contribution in [3.05, 3.63) is 83.9 Å². The quantitative estimate of drug-likeness (QED) is 0.130. The van der Waals surface area contributed by atoms with Gasteiger partial charge in [-0.15, -0.1) is 0 Å². The Morgan fingerprint density at radius 1 is 0.878 bits per heavy atom. The van der Waals surface area contributed by atoms with E-state index in [1.165, 1.54) is 4.90 Å². The first kappa shape index (κ1) is 35.1. The lowest BCUT2D eigenvalue weighted by Crippen LogP contribution is -2.48. The summed E-state index contributed by atoms with van der Waals surface area (Å²) in [6.07, 6.45) is 4.00. The van der Waals surface area contributed by atoms with Gasteiger partial charge in [0, 0.05) is 36.1 Å². The van der Waals surface area contributed by atoms with E-state index in [1.54, 1.807) is 0 Å². The number of aromatic amines is 1. The zero-order valence-corrected chi connectivity index (χ0v) is 28.3. The second-order valence-corrected chi connectivity index (χ2v) is 12.9. The minimum absolute atomic E-state index is 0.0574. The number of nitrogens with one attached hydrogen (secondary N) is 4. The zero-order valence-electron chi connectivity index (χ0n) is 28.3. The van der Waals surface area contributed by atoms with E-state index in [4.69, 9.17) is 4.74 Å². The average Bonchev–Trinajstić information content (AvgIpc) is 3.55. The Bertz CT molecular complexity index is 1730. The fourth-order valence-corrected chi connectivity index (χ4v) is 5.94. The van der Waals surface area contributed by atoms with Crippen molar-refractivity contribution in [2.45, 2.75) is 46.0 Å². The first-order valence-corrected chi connectivity index (χ1v) is 17.1. The minimum atomic E-state index is -0.367. The molecule has 3 aromatic carbocycles. The maximum Gasteiger partial charge on any atom is 0.251 e. The predicted molar refractivity (Wildman–Crippen MR) is 189 cm³/mol. The highest BCUT2D eigenvalue weighted by Crippen LogP contribution is 2.27. The third-order valence-corrected chi connectivity index (χ3v) is 8.54. The SMILES string of the molecule is CC(C)CN(CC(=O)NCCCCCCNC(=O)c1ccc(-c2n[nH]c3ccccc23)cc1)C(=O)CNC(=O)C1COc2ccccc2C1. The number of carbonyl (C=O) groups excluding carboxylic acids is 4. The molecule has 1 aliphatic rings. The van der Waals surface area contributed by atoms with Gasteiger partial charge in [0.25, 0.3) is 5.91 Å². The summed E-state index contributed by atoms with van der Waals surface area (Å²) in [5.74, 6) is -0.273.